The number of aromatic nitrogens is 1. The fraction of sp³-hybridized carbons (Fsp3) is 0.417. The van der Waals surface area contributed by atoms with Crippen molar-refractivity contribution in [2.45, 2.75) is 24.2 Å². The molecule has 1 aromatic heterocycles. The van der Waals surface area contributed by atoms with E-state index in [-0.39, 0.29) is 11.4 Å². The Morgan fingerprint density at radius 2 is 1.94 bits per heavy atom. The number of nitrogens with zero attached hydrogens (tertiary/aromatic N) is 3. The van der Waals surface area contributed by atoms with Gasteiger partial charge in [-0.15, -0.1) is 11.8 Å². The number of carbonyl (C=O) groups is 1. The molecule has 0 atom stereocenters. The first kappa shape index (κ1) is 25.3. The van der Waals surface area contributed by atoms with Crippen LogP contribution in [0.15, 0.2) is 41.3 Å². The lowest BCUT2D eigenvalue weighted by molar-refractivity contribution is -0.118. The van der Waals surface area contributed by atoms with Gasteiger partial charge in [0.15, 0.2) is 10.9 Å². The van der Waals surface area contributed by atoms with Crippen molar-refractivity contribution in [3.63, 3.8) is 0 Å². The van der Waals surface area contributed by atoms with Crippen molar-refractivity contribution in [2.24, 2.45) is 0 Å². The summed E-state index contributed by atoms with van der Waals surface area (Å²) >= 11 is 8.75. The predicted molar refractivity (Wildman–Crippen MR) is 135 cm³/mol. The van der Waals surface area contributed by atoms with E-state index in [4.69, 9.17) is 16.3 Å². The minimum atomic E-state index is -0.711. The zero-order valence-corrected chi connectivity index (χ0v) is 21.0. The molecule has 182 valence electrons. The number of fused-ring (bicyclic) bond motifs is 1. The summed E-state index contributed by atoms with van der Waals surface area (Å²) in [5, 5.41) is 1.11. The second-order valence-corrected chi connectivity index (χ2v) is 10.6. The number of benzene rings is 2. The third-order valence-electron chi connectivity index (χ3n) is 5.51. The largest absolute Gasteiger partial charge is 0.379 e. The summed E-state index contributed by atoms with van der Waals surface area (Å²) in [7, 11) is 0. The summed E-state index contributed by atoms with van der Waals surface area (Å²) in [6.45, 7) is 4.51. The minimum absolute atomic E-state index is 0.0568. The second kappa shape index (κ2) is 12.3. The van der Waals surface area contributed by atoms with E-state index in [0.717, 1.165) is 67.3 Å². The van der Waals surface area contributed by atoms with E-state index in [2.05, 4.69) is 9.88 Å². The van der Waals surface area contributed by atoms with E-state index in [1.165, 1.54) is 6.07 Å². The third-order valence-corrected chi connectivity index (χ3v) is 7.89. The van der Waals surface area contributed by atoms with Gasteiger partial charge in [0.2, 0.25) is 5.91 Å². The summed E-state index contributed by atoms with van der Waals surface area (Å²) in [5.74, 6) is -0.630. The average molecular weight is 526 g/mol. The number of carbonyl (C=O) groups excluding carboxylic acids is 1. The van der Waals surface area contributed by atoms with Gasteiger partial charge < -0.3 is 4.74 Å². The number of rotatable bonds is 10. The Labute approximate surface area is 211 Å². The van der Waals surface area contributed by atoms with Gasteiger partial charge in [-0.1, -0.05) is 22.9 Å². The average Bonchev–Trinajstić information content (AvgIpc) is 3.25. The van der Waals surface area contributed by atoms with Crippen molar-refractivity contribution in [3.05, 3.63) is 53.1 Å². The maximum absolute atomic E-state index is 14.2. The van der Waals surface area contributed by atoms with Crippen LogP contribution in [0.3, 0.4) is 0 Å². The van der Waals surface area contributed by atoms with Crippen molar-refractivity contribution in [1.29, 1.82) is 0 Å². The molecule has 0 bridgehead atoms. The Morgan fingerprint density at radius 3 is 2.71 bits per heavy atom. The van der Waals surface area contributed by atoms with Gasteiger partial charge in [-0.25, -0.2) is 13.8 Å². The standard InChI is InChI=1S/C24H26ClF2N3O2S2/c25-17-4-6-19(7-5-17)33-14-1-3-22(31)30(9-2-8-29-10-12-32-13-11-29)24-28-23-20(27)15-18(26)16-21(23)34-24/h4-7,15-16H,1-3,8-14H2. The number of halogens is 3. The number of ether oxygens (including phenoxy) is 1. The fourth-order valence-corrected chi connectivity index (χ4v) is 5.77. The van der Waals surface area contributed by atoms with Gasteiger partial charge in [-0.05, 0) is 48.9 Å². The first-order valence-corrected chi connectivity index (χ1v) is 13.4. The van der Waals surface area contributed by atoms with Crippen molar-refractivity contribution in [1.82, 2.24) is 9.88 Å². The molecule has 1 amide bonds. The van der Waals surface area contributed by atoms with E-state index >= 15 is 0 Å². The number of thiazole rings is 1. The number of anilines is 1. The van der Waals surface area contributed by atoms with Crippen LogP contribution in [-0.2, 0) is 9.53 Å². The van der Waals surface area contributed by atoms with Gasteiger partial charge in [-0.3, -0.25) is 14.6 Å². The highest BCUT2D eigenvalue weighted by Gasteiger charge is 2.21. The normalized spacial score (nSPS) is 14.6. The van der Waals surface area contributed by atoms with Crippen molar-refractivity contribution < 1.29 is 18.3 Å². The highest BCUT2D eigenvalue weighted by Crippen LogP contribution is 2.32. The van der Waals surface area contributed by atoms with Gasteiger partial charge in [0.25, 0.3) is 0 Å². The summed E-state index contributed by atoms with van der Waals surface area (Å²) in [6, 6.07) is 9.70. The maximum atomic E-state index is 14.2. The Bertz CT molecular complexity index is 1110. The van der Waals surface area contributed by atoms with Gasteiger partial charge in [-0.2, -0.15) is 0 Å². The van der Waals surface area contributed by atoms with E-state index < -0.39 is 11.6 Å². The van der Waals surface area contributed by atoms with Crippen LogP contribution in [0.25, 0.3) is 10.2 Å². The molecule has 0 aliphatic carbocycles. The second-order valence-electron chi connectivity index (χ2n) is 7.99. The monoisotopic (exact) mass is 525 g/mol. The zero-order chi connectivity index (χ0) is 23.9. The Morgan fingerprint density at radius 1 is 1.18 bits per heavy atom. The molecule has 5 nitrogen and oxygen atoms in total. The lowest BCUT2D eigenvalue weighted by Gasteiger charge is -2.27. The van der Waals surface area contributed by atoms with Gasteiger partial charge in [0, 0.05) is 48.6 Å². The first-order valence-electron chi connectivity index (χ1n) is 11.2. The molecule has 0 saturated carbocycles. The van der Waals surface area contributed by atoms with E-state index in [1.807, 2.05) is 24.3 Å². The molecule has 0 spiro atoms. The molecule has 10 heteroatoms. The predicted octanol–water partition coefficient (Wildman–Crippen LogP) is 5.86. The van der Waals surface area contributed by atoms with Crippen molar-refractivity contribution in [3.8, 4) is 0 Å². The molecule has 0 unspecified atom stereocenters. The summed E-state index contributed by atoms with van der Waals surface area (Å²) in [5.41, 5.74) is 0.102. The molecule has 3 aromatic rings. The third kappa shape index (κ3) is 6.88. The Hall–Kier alpha value is -1.78. The van der Waals surface area contributed by atoms with Crippen LogP contribution in [-0.4, -0.2) is 60.9 Å². The lowest BCUT2D eigenvalue weighted by atomic mass is 10.2. The number of amides is 1. The quantitative estimate of drug-likeness (QED) is 0.245. The maximum Gasteiger partial charge on any atom is 0.228 e. The molecular weight excluding hydrogens is 500 g/mol. The van der Waals surface area contributed by atoms with E-state index in [9.17, 15) is 13.6 Å². The van der Waals surface area contributed by atoms with Gasteiger partial charge in [0.1, 0.15) is 11.3 Å². The summed E-state index contributed by atoms with van der Waals surface area (Å²) < 4.78 is 33.7. The van der Waals surface area contributed by atoms with Crippen LogP contribution in [0.1, 0.15) is 19.3 Å². The van der Waals surface area contributed by atoms with Gasteiger partial charge in [0.05, 0.1) is 17.9 Å². The van der Waals surface area contributed by atoms with Crippen molar-refractivity contribution in [2.75, 3.05) is 50.0 Å². The molecule has 2 heterocycles. The molecule has 4 rings (SSSR count). The molecule has 0 N–H and O–H groups in total. The SMILES string of the molecule is O=C(CCCSc1ccc(Cl)cc1)N(CCCN1CCOCC1)c1nc2c(F)cc(F)cc2s1. The molecule has 1 saturated heterocycles. The van der Waals surface area contributed by atoms with Crippen LogP contribution in [0.2, 0.25) is 5.02 Å². The molecule has 1 fully saturated rings. The summed E-state index contributed by atoms with van der Waals surface area (Å²) in [6.07, 6.45) is 1.81. The number of thioether (sulfide) groups is 1. The summed E-state index contributed by atoms with van der Waals surface area (Å²) in [4.78, 5) is 22.6. The first-order chi connectivity index (χ1) is 16.5. The highest BCUT2D eigenvalue weighted by molar-refractivity contribution is 7.99. The molecule has 2 aromatic carbocycles. The van der Waals surface area contributed by atoms with Crippen LogP contribution in [0.5, 0.6) is 0 Å². The topological polar surface area (TPSA) is 45.7 Å². The number of hydrogen-bond acceptors (Lipinski definition) is 6. The smallest absolute Gasteiger partial charge is 0.228 e. The van der Waals surface area contributed by atoms with Crippen molar-refractivity contribution >= 4 is 56.0 Å². The van der Waals surface area contributed by atoms with E-state index in [0.29, 0.717) is 34.2 Å². The molecule has 34 heavy (non-hydrogen) atoms. The zero-order valence-electron chi connectivity index (χ0n) is 18.6. The fourth-order valence-electron chi connectivity index (χ4n) is 3.74. The molecular formula is C24H26ClF2N3O2S2. The highest BCUT2D eigenvalue weighted by atomic mass is 35.5. The van der Waals surface area contributed by atoms with Crippen LogP contribution in [0, 0.1) is 11.6 Å². The lowest BCUT2D eigenvalue weighted by Crippen LogP contribution is -2.39. The van der Waals surface area contributed by atoms with Crippen LogP contribution in [0.4, 0.5) is 13.9 Å². The molecule has 1 aliphatic heterocycles. The Kier molecular flexibility index (Phi) is 9.13. The minimum Gasteiger partial charge on any atom is -0.379 e. The van der Waals surface area contributed by atoms with Crippen LogP contribution < -0.4 is 4.90 Å². The number of hydrogen-bond donors (Lipinski definition) is 0. The number of morpholine rings is 1. The van der Waals surface area contributed by atoms with E-state index in [1.54, 1.807) is 16.7 Å². The Balaban J connectivity index is 1.40. The van der Waals surface area contributed by atoms with Gasteiger partial charge >= 0.3 is 0 Å². The molecule has 0 radical (unpaired) electrons. The molecule has 1 aliphatic rings. The van der Waals surface area contributed by atoms with Crippen LogP contribution >= 0.6 is 34.7 Å².